The Bertz CT molecular complexity index is 1110. The summed E-state index contributed by atoms with van der Waals surface area (Å²) in [6.45, 7) is 0.995. The van der Waals surface area contributed by atoms with E-state index in [4.69, 9.17) is 10.5 Å². The van der Waals surface area contributed by atoms with Crippen LogP contribution in [0.1, 0.15) is 0 Å². The molecule has 0 aliphatic rings. The molecule has 0 spiro atoms. The predicted octanol–water partition coefficient (Wildman–Crippen LogP) is 1.29. The highest BCUT2D eigenvalue weighted by molar-refractivity contribution is 6.66. The second kappa shape index (κ2) is 6.69. The van der Waals surface area contributed by atoms with Gasteiger partial charge in [0.25, 0.3) is 0 Å². The molecule has 4 aromatic rings. The number of anilines is 1. The monoisotopic (exact) mass is 360 g/mol. The number of rotatable bonds is 4. The fraction of sp³-hybridized carbons (Fsp3) is 0.111. The highest BCUT2D eigenvalue weighted by Crippen LogP contribution is 2.31. The first-order valence-electron chi connectivity index (χ1n) is 8.36. The summed E-state index contributed by atoms with van der Waals surface area (Å²) >= 11 is 0. The Hall–Kier alpha value is -3.46. The number of hydrogen-bond acceptors (Lipinski definition) is 7. The van der Waals surface area contributed by atoms with Gasteiger partial charge in [0.05, 0.1) is 42.6 Å². The summed E-state index contributed by atoms with van der Waals surface area (Å²) in [5.74, 6) is 0.561. The average molecular weight is 360 g/mol. The van der Waals surface area contributed by atoms with Crippen molar-refractivity contribution in [3.8, 4) is 22.6 Å². The van der Waals surface area contributed by atoms with Crippen LogP contribution in [0.3, 0.4) is 0 Å². The average Bonchev–Trinajstić information content (AvgIpc) is 3.21. The molecule has 4 rings (SSSR count). The van der Waals surface area contributed by atoms with E-state index in [1.54, 1.807) is 26.3 Å². The van der Waals surface area contributed by atoms with E-state index in [1.165, 1.54) is 11.0 Å². The lowest BCUT2D eigenvalue weighted by molar-refractivity contribution is 0.416. The first-order valence-corrected chi connectivity index (χ1v) is 8.36. The second-order valence-corrected chi connectivity index (χ2v) is 6.14. The van der Waals surface area contributed by atoms with Crippen LogP contribution in [0.2, 0.25) is 6.82 Å². The van der Waals surface area contributed by atoms with E-state index < -0.39 is 6.92 Å². The third kappa shape index (κ3) is 2.98. The molecule has 8 nitrogen and oxygen atoms in total. The fourth-order valence-corrected chi connectivity index (χ4v) is 3.07. The van der Waals surface area contributed by atoms with Gasteiger partial charge in [0, 0.05) is 17.0 Å². The molecule has 2 heterocycles. The zero-order chi connectivity index (χ0) is 19.0. The van der Waals surface area contributed by atoms with Gasteiger partial charge >= 0.3 is 6.92 Å². The Morgan fingerprint density at radius 3 is 2.63 bits per heavy atom. The molecule has 0 fully saturated rings. The Labute approximate surface area is 155 Å². The van der Waals surface area contributed by atoms with Gasteiger partial charge in [0.15, 0.2) is 0 Å². The number of nitrogens with two attached hydrogens (primary N) is 1. The fourth-order valence-electron chi connectivity index (χ4n) is 3.07. The molecule has 2 aromatic heterocycles. The minimum absolute atomic E-state index is 0.561. The summed E-state index contributed by atoms with van der Waals surface area (Å²) in [4.78, 5) is 1.51. The van der Waals surface area contributed by atoms with Gasteiger partial charge in [-0.05, 0) is 23.2 Å². The molecule has 0 aliphatic carbocycles. The quantitative estimate of drug-likeness (QED) is 0.528. The normalized spacial score (nSPS) is 10.9. The number of nitrogen functional groups attached to an aromatic ring is 1. The maximum absolute atomic E-state index is 10.2. The van der Waals surface area contributed by atoms with Gasteiger partial charge in [-0.3, -0.25) is 0 Å². The topological polar surface area (TPSA) is 112 Å². The molecule has 0 aliphatic heterocycles. The second-order valence-electron chi connectivity index (χ2n) is 6.14. The van der Waals surface area contributed by atoms with Crippen LogP contribution in [-0.4, -0.2) is 44.2 Å². The highest BCUT2D eigenvalue weighted by atomic mass is 16.5. The van der Waals surface area contributed by atoms with Gasteiger partial charge in [0.2, 0.25) is 0 Å². The van der Waals surface area contributed by atoms with E-state index in [9.17, 15) is 5.02 Å². The van der Waals surface area contributed by atoms with E-state index in [-0.39, 0.29) is 0 Å². The van der Waals surface area contributed by atoms with Crippen molar-refractivity contribution in [1.82, 2.24) is 25.2 Å². The molecular weight excluding hydrogens is 343 g/mol. The molecule has 0 atom stereocenters. The Morgan fingerprint density at radius 2 is 1.93 bits per heavy atom. The van der Waals surface area contributed by atoms with Crippen LogP contribution >= 0.6 is 0 Å². The maximum atomic E-state index is 10.2. The summed E-state index contributed by atoms with van der Waals surface area (Å²) in [6.07, 6.45) is 4.73. The van der Waals surface area contributed by atoms with Crippen LogP contribution in [0.4, 0.5) is 5.69 Å². The Morgan fingerprint density at radius 1 is 1.15 bits per heavy atom. The molecule has 0 saturated heterocycles. The molecule has 0 radical (unpaired) electrons. The number of hydrogen-bond donors (Lipinski definition) is 2. The van der Waals surface area contributed by atoms with Crippen molar-refractivity contribution < 1.29 is 9.76 Å². The lowest BCUT2D eigenvalue weighted by atomic mass is 9.63. The van der Waals surface area contributed by atoms with Gasteiger partial charge in [-0.1, -0.05) is 19.0 Å². The van der Waals surface area contributed by atoms with Crippen molar-refractivity contribution in [3.05, 3.63) is 48.9 Å². The predicted molar refractivity (Wildman–Crippen MR) is 104 cm³/mol. The number of aromatic nitrogens is 5. The van der Waals surface area contributed by atoms with Gasteiger partial charge in [-0.15, -0.1) is 0 Å². The third-order valence-electron chi connectivity index (χ3n) is 4.41. The molecule has 2 aromatic carbocycles. The largest absolute Gasteiger partial charge is 0.497 e. The standard InChI is InChI=1S/C18H17BN6O2/c1-19(26)14-8-13(17(9-18(14)27-2)25-22-5-6-23-25)11-3-4-12-15(20)10-21-24-16(12)7-11/h3-10,26H,1-2H3,(H2,20,24). The zero-order valence-corrected chi connectivity index (χ0v) is 14.9. The van der Waals surface area contributed by atoms with Crippen molar-refractivity contribution in [3.63, 3.8) is 0 Å². The SMILES string of the molecule is COc1cc(-n2nccn2)c(-c2ccc3c(N)cnnc3c2)cc1B(C)O. The third-order valence-corrected chi connectivity index (χ3v) is 4.41. The summed E-state index contributed by atoms with van der Waals surface area (Å²) in [5, 5.41) is 27.6. The highest BCUT2D eigenvalue weighted by Gasteiger charge is 2.20. The van der Waals surface area contributed by atoms with Crippen molar-refractivity contribution in [2.24, 2.45) is 0 Å². The number of methoxy groups -OCH3 is 1. The van der Waals surface area contributed by atoms with Crippen LogP contribution in [0, 0.1) is 0 Å². The molecule has 0 saturated carbocycles. The van der Waals surface area contributed by atoms with Crippen LogP contribution in [0.5, 0.6) is 5.75 Å². The molecule has 27 heavy (non-hydrogen) atoms. The Kier molecular flexibility index (Phi) is 4.21. The molecule has 9 heteroatoms. The van der Waals surface area contributed by atoms with Gasteiger partial charge < -0.3 is 15.5 Å². The summed E-state index contributed by atoms with van der Waals surface area (Å²) in [7, 11) is 1.57. The van der Waals surface area contributed by atoms with Gasteiger partial charge in [-0.2, -0.15) is 25.2 Å². The summed E-state index contributed by atoms with van der Waals surface area (Å²) in [6, 6.07) is 9.44. The smallest absolute Gasteiger partial charge is 0.324 e. The molecule has 134 valence electrons. The van der Waals surface area contributed by atoms with Crippen LogP contribution in [0.15, 0.2) is 48.9 Å². The number of benzene rings is 2. The van der Waals surface area contributed by atoms with E-state index in [2.05, 4.69) is 20.4 Å². The molecule has 0 unspecified atom stereocenters. The van der Waals surface area contributed by atoms with Gasteiger partial charge in [0.1, 0.15) is 5.75 Å². The van der Waals surface area contributed by atoms with E-state index in [0.717, 1.165) is 22.2 Å². The van der Waals surface area contributed by atoms with Crippen molar-refractivity contribution in [1.29, 1.82) is 0 Å². The molecular formula is C18H17BN6O2. The summed E-state index contributed by atoms with van der Waals surface area (Å²) in [5.41, 5.74) is 10.3. The summed E-state index contributed by atoms with van der Waals surface area (Å²) < 4.78 is 5.45. The Balaban J connectivity index is 1.99. The first kappa shape index (κ1) is 17.0. The van der Waals surface area contributed by atoms with Crippen LogP contribution in [0.25, 0.3) is 27.7 Å². The lowest BCUT2D eigenvalue weighted by Gasteiger charge is -2.16. The number of fused-ring (bicyclic) bond motifs is 1. The van der Waals surface area contributed by atoms with Crippen molar-refractivity contribution in [2.45, 2.75) is 6.82 Å². The number of nitrogens with zero attached hydrogens (tertiary/aromatic N) is 5. The maximum Gasteiger partial charge on any atom is 0.324 e. The van der Waals surface area contributed by atoms with Gasteiger partial charge in [-0.25, -0.2) is 0 Å². The van der Waals surface area contributed by atoms with Crippen molar-refractivity contribution >= 4 is 29.0 Å². The lowest BCUT2D eigenvalue weighted by Crippen LogP contribution is -2.28. The minimum Gasteiger partial charge on any atom is -0.497 e. The van der Waals surface area contributed by atoms with Crippen LogP contribution < -0.4 is 15.9 Å². The number of ether oxygens (including phenoxy) is 1. The zero-order valence-electron chi connectivity index (χ0n) is 14.9. The molecule has 0 bridgehead atoms. The van der Waals surface area contributed by atoms with E-state index in [1.807, 2.05) is 30.3 Å². The first-order chi connectivity index (χ1) is 13.1. The van der Waals surface area contributed by atoms with E-state index in [0.29, 0.717) is 22.4 Å². The van der Waals surface area contributed by atoms with Crippen LogP contribution in [-0.2, 0) is 0 Å². The molecule has 0 amide bonds. The minimum atomic E-state index is -0.700. The molecule has 3 N–H and O–H groups in total. The van der Waals surface area contributed by atoms with E-state index >= 15 is 0 Å². The van der Waals surface area contributed by atoms with Crippen molar-refractivity contribution in [2.75, 3.05) is 12.8 Å².